The number of para-hydroxylation sites is 1. The van der Waals surface area contributed by atoms with Gasteiger partial charge in [-0.05, 0) is 25.0 Å². The molecule has 2 atom stereocenters. The summed E-state index contributed by atoms with van der Waals surface area (Å²) in [5.74, 6) is -0.178. The van der Waals surface area contributed by atoms with E-state index in [9.17, 15) is 4.39 Å². The molecule has 4 nitrogen and oxygen atoms in total. The molecule has 1 saturated heterocycles. The first-order valence-electron chi connectivity index (χ1n) is 7.46. The zero-order valence-corrected chi connectivity index (χ0v) is 13.1. The van der Waals surface area contributed by atoms with Crippen LogP contribution in [0.5, 0.6) is 0 Å². The van der Waals surface area contributed by atoms with Gasteiger partial charge < -0.3 is 19.7 Å². The number of likely N-dealkylation sites (N-methyl/N-ethyl adjacent to an activating group) is 1. The highest BCUT2D eigenvalue weighted by molar-refractivity contribution is 5.55. The Labute approximate surface area is 126 Å². The van der Waals surface area contributed by atoms with Crippen LogP contribution in [0.2, 0.25) is 0 Å². The summed E-state index contributed by atoms with van der Waals surface area (Å²) in [5, 5.41) is 3.28. The molecule has 1 aromatic carbocycles. The van der Waals surface area contributed by atoms with Crippen LogP contribution in [0.25, 0.3) is 0 Å². The Morgan fingerprint density at radius 2 is 2.29 bits per heavy atom. The van der Waals surface area contributed by atoms with Crippen LogP contribution >= 0.6 is 0 Å². The van der Waals surface area contributed by atoms with Gasteiger partial charge in [-0.1, -0.05) is 12.1 Å². The van der Waals surface area contributed by atoms with Crippen LogP contribution in [-0.4, -0.2) is 46.1 Å². The van der Waals surface area contributed by atoms with Crippen LogP contribution < -0.4 is 10.2 Å². The molecule has 118 valence electrons. The molecule has 0 amide bonds. The number of hydrogen-bond acceptors (Lipinski definition) is 4. The molecule has 0 spiro atoms. The summed E-state index contributed by atoms with van der Waals surface area (Å²) >= 11 is 0. The molecular formula is C16H25FN2O2. The maximum Gasteiger partial charge on any atom is 0.146 e. The van der Waals surface area contributed by atoms with E-state index in [1.54, 1.807) is 13.2 Å². The predicted octanol–water partition coefficient (Wildman–Crippen LogP) is 2.18. The topological polar surface area (TPSA) is 33.7 Å². The average molecular weight is 296 g/mol. The van der Waals surface area contributed by atoms with Crippen molar-refractivity contribution in [3.63, 3.8) is 0 Å². The van der Waals surface area contributed by atoms with E-state index < -0.39 is 0 Å². The van der Waals surface area contributed by atoms with Gasteiger partial charge in [0.1, 0.15) is 5.82 Å². The normalized spacial score (nSPS) is 21.7. The first kappa shape index (κ1) is 16.2. The third-order valence-corrected chi connectivity index (χ3v) is 4.06. The summed E-state index contributed by atoms with van der Waals surface area (Å²) in [5.41, 5.74) is 1.64. The fourth-order valence-electron chi connectivity index (χ4n) is 2.89. The smallest absolute Gasteiger partial charge is 0.146 e. The fourth-order valence-corrected chi connectivity index (χ4v) is 2.89. The summed E-state index contributed by atoms with van der Waals surface area (Å²) in [6, 6.07) is 5.47. The van der Waals surface area contributed by atoms with Gasteiger partial charge in [-0.3, -0.25) is 0 Å². The molecule has 1 aliphatic heterocycles. The largest absolute Gasteiger partial charge is 0.383 e. The second-order valence-corrected chi connectivity index (χ2v) is 5.46. The maximum atomic E-state index is 14.3. The van der Waals surface area contributed by atoms with Crippen molar-refractivity contribution in [1.82, 2.24) is 5.32 Å². The van der Waals surface area contributed by atoms with E-state index in [1.807, 2.05) is 24.9 Å². The second kappa shape index (κ2) is 7.73. The van der Waals surface area contributed by atoms with Crippen molar-refractivity contribution in [2.75, 3.05) is 38.8 Å². The van der Waals surface area contributed by atoms with Crippen LogP contribution in [0.4, 0.5) is 10.1 Å². The summed E-state index contributed by atoms with van der Waals surface area (Å²) in [7, 11) is 3.62. The molecule has 5 heteroatoms. The van der Waals surface area contributed by atoms with Crippen molar-refractivity contribution in [2.24, 2.45) is 0 Å². The Morgan fingerprint density at radius 1 is 1.48 bits per heavy atom. The summed E-state index contributed by atoms with van der Waals surface area (Å²) < 4.78 is 24.9. The predicted molar refractivity (Wildman–Crippen MR) is 82.2 cm³/mol. The average Bonchev–Trinajstić information content (AvgIpc) is 2.89. The molecule has 0 saturated carbocycles. The van der Waals surface area contributed by atoms with Crippen molar-refractivity contribution < 1.29 is 13.9 Å². The van der Waals surface area contributed by atoms with Gasteiger partial charge in [-0.25, -0.2) is 4.39 Å². The number of hydrogen-bond donors (Lipinski definition) is 1. The molecule has 1 N–H and O–H groups in total. The van der Waals surface area contributed by atoms with Gasteiger partial charge in [0.2, 0.25) is 0 Å². The van der Waals surface area contributed by atoms with Gasteiger partial charge in [0, 0.05) is 33.9 Å². The van der Waals surface area contributed by atoms with E-state index in [-0.39, 0.29) is 18.0 Å². The van der Waals surface area contributed by atoms with Crippen molar-refractivity contribution in [2.45, 2.75) is 32.0 Å². The fraction of sp³-hybridized carbons (Fsp3) is 0.625. The number of nitrogens with zero attached hydrogens (tertiary/aromatic N) is 1. The van der Waals surface area contributed by atoms with Gasteiger partial charge in [0.05, 0.1) is 24.4 Å². The lowest BCUT2D eigenvalue weighted by molar-refractivity contribution is 0.118. The van der Waals surface area contributed by atoms with E-state index in [1.165, 1.54) is 6.07 Å². The van der Waals surface area contributed by atoms with E-state index >= 15 is 0 Å². The zero-order chi connectivity index (χ0) is 15.2. The monoisotopic (exact) mass is 296 g/mol. The highest BCUT2D eigenvalue weighted by Crippen LogP contribution is 2.29. The quantitative estimate of drug-likeness (QED) is 0.782. The van der Waals surface area contributed by atoms with E-state index in [4.69, 9.17) is 9.47 Å². The van der Waals surface area contributed by atoms with Gasteiger partial charge in [-0.15, -0.1) is 0 Å². The Hall–Kier alpha value is -1.17. The molecule has 2 unspecified atom stereocenters. The SMILES string of the molecule is COCCNCc1cccc(F)c1N(C)C1CCOC1C. The molecule has 1 fully saturated rings. The Morgan fingerprint density at radius 3 is 2.95 bits per heavy atom. The van der Waals surface area contributed by atoms with Crippen LogP contribution in [0.15, 0.2) is 18.2 Å². The molecule has 1 heterocycles. The van der Waals surface area contributed by atoms with Crippen molar-refractivity contribution >= 4 is 5.69 Å². The van der Waals surface area contributed by atoms with Crippen molar-refractivity contribution in [3.05, 3.63) is 29.6 Å². The minimum Gasteiger partial charge on any atom is -0.383 e. The maximum absolute atomic E-state index is 14.3. The standard InChI is InChI=1S/C16H25FN2O2/c1-12-15(7-9-21-12)19(2)16-13(5-4-6-14(16)17)11-18-8-10-20-3/h4-6,12,15,18H,7-11H2,1-3H3. The number of anilines is 1. The lowest BCUT2D eigenvalue weighted by Gasteiger charge is -2.31. The van der Waals surface area contributed by atoms with Crippen LogP contribution in [0.3, 0.4) is 0 Å². The van der Waals surface area contributed by atoms with Gasteiger partial charge in [-0.2, -0.15) is 0 Å². The zero-order valence-electron chi connectivity index (χ0n) is 13.1. The Kier molecular flexibility index (Phi) is 5.96. The number of methoxy groups -OCH3 is 1. The second-order valence-electron chi connectivity index (χ2n) is 5.46. The minimum atomic E-state index is -0.178. The van der Waals surface area contributed by atoms with Crippen LogP contribution in [-0.2, 0) is 16.0 Å². The lowest BCUT2D eigenvalue weighted by atomic mass is 10.1. The van der Waals surface area contributed by atoms with Crippen LogP contribution in [0, 0.1) is 5.82 Å². The van der Waals surface area contributed by atoms with E-state index in [2.05, 4.69) is 5.32 Å². The molecule has 1 aliphatic rings. The minimum absolute atomic E-state index is 0.129. The number of rotatable bonds is 7. The summed E-state index contributed by atoms with van der Waals surface area (Å²) in [6.07, 6.45) is 1.06. The summed E-state index contributed by atoms with van der Waals surface area (Å²) in [4.78, 5) is 2.03. The number of nitrogens with one attached hydrogen (secondary N) is 1. The molecular weight excluding hydrogens is 271 g/mol. The first-order valence-corrected chi connectivity index (χ1v) is 7.46. The molecule has 0 radical (unpaired) electrons. The molecule has 0 bridgehead atoms. The third-order valence-electron chi connectivity index (χ3n) is 4.06. The Balaban J connectivity index is 2.12. The highest BCUT2D eigenvalue weighted by Gasteiger charge is 2.30. The van der Waals surface area contributed by atoms with Crippen LogP contribution in [0.1, 0.15) is 18.9 Å². The molecule has 0 aliphatic carbocycles. The molecule has 2 rings (SSSR count). The lowest BCUT2D eigenvalue weighted by Crippen LogP contribution is -2.38. The third kappa shape index (κ3) is 3.93. The van der Waals surface area contributed by atoms with E-state index in [0.29, 0.717) is 18.8 Å². The number of halogens is 1. The number of benzene rings is 1. The number of ether oxygens (including phenoxy) is 2. The van der Waals surface area contributed by atoms with Crippen molar-refractivity contribution in [1.29, 1.82) is 0 Å². The molecule has 1 aromatic rings. The molecule has 21 heavy (non-hydrogen) atoms. The van der Waals surface area contributed by atoms with Gasteiger partial charge >= 0.3 is 0 Å². The van der Waals surface area contributed by atoms with Gasteiger partial charge in [0.15, 0.2) is 0 Å². The highest BCUT2D eigenvalue weighted by atomic mass is 19.1. The Bertz CT molecular complexity index is 456. The van der Waals surface area contributed by atoms with Crippen molar-refractivity contribution in [3.8, 4) is 0 Å². The van der Waals surface area contributed by atoms with Gasteiger partial charge in [0.25, 0.3) is 0 Å². The first-order chi connectivity index (χ1) is 10.1. The molecule has 0 aromatic heterocycles. The van der Waals surface area contributed by atoms with E-state index in [0.717, 1.165) is 25.1 Å². The summed E-state index contributed by atoms with van der Waals surface area (Å²) in [6.45, 7) is 4.81.